The van der Waals surface area contributed by atoms with Crippen molar-refractivity contribution in [1.82, 2.24) is 14.7 Å². The molecule has 42 heavy (non-hydrogen) atoms. The van der Waals surface area contributed by atoms with Crippen molar-refractivity contribution in [2.75, 3.05) is 52.4 Å². The third-order valence-corrected chi connectivity index (χ3v) is 3.68. The van der Waals surface area contributed by atoms with Crippen molar-refractivity contribution in [3.05, 3.63) is 0 Å². The van der Waals surface area contributed by atoms with E-state index in [0.717, 1.165) is 23.6 Å². The molecular formula is C21H38N6O15. The first-order valence-electron chi connectivity index (χ1n) is 11.3. The number of carboxylic acids is 6. The lowest BCUT2D eigenvalue weighted by molar-refractivity contribution is -0.146. The van der Waals surface area contributed by atoms with Gasteiger partial charge in [-0.1, -0.05) is 0 Å². The highest BCUT2D eigenvalue weighted by Crippen LogP contribution is 2.03. The summed E-state index contributed by atoms with van der Waals surface area (Å²) in [5.74, 6) is -8.54. The molecule has 0 aliphatic heterocycles. The molecule has 0 aromatic heterocycles. The van der Waals surface area contributed by atoms with Gasteiger partial charge in [0.05, 0.1) is 45.8 Å². The summed E-state index contributed by atoms with van der Waals surface area (Å²) in [4.78, 5) is 95.4. The molecule has 0 aliphatic rings. The number of nitrogens with zero attached hydrogens (tertiary/aromatic N) is 3. The van der Waals surface area contributed by atoms with Crippen LogP contribution in [-0.4, -0.2) is 157 Å². The predicted molar refractivity (Wildman–Crippen MR) is 139 cm³/mol. The van der Waals surface area contributed by atoms with Gasteiger partial charge in [-0.15, -0.1) is 0 Å². The van der Waals surface area contributed by atoms with Crippen LogP contribution in [0.4, 0.5) is 0 Å². The van der Waals surface area contributed by atoms with Gasteiger partial charge < -0.3 is 47.8 Å². The van der Waals surface area contributed by atoms with Crippen LogP contribution in [0.5, 0.6) is 0 Å². The number of carbonyl (C=O) groups is 9. The van der Waals surface area contributed by atoms with Crippen molar-refractivity contribution in [3.8, 4) is 0 Å². The number of carbonyl (C=O) groups excluding carboxylic acids is 3. The van der Waals surface area contributed by atoms with Gasteiger partial charge in [0.2, 0.25) is 17.7 Å². The minimum absolute atomic E-state index is 0.0842. The van der Waals surface area contributed by atoms with Gasteiger partial charge in [0.1, 0.15) is 0 Å². The van der Waals surface area contributed by atoms with E-state index in [0.29, 0.717) is 0 Å². The molecule has 1 unspecified atom stereocenters. The number of aliphatic carboxylic acids is 6. The fourth-order valence-electron chi connectivity index (χ4n) is 2.60. The highest BCUT2D eigenvalue weighted by atomic mass is 16.4. The number of amides is 3. The smallest absolute Gasteiger partial charge is 0.317 e. The average Bonchev–Trinajstić information content (AvgIpc) is 2.69. The number of primary amides is 3. The van der Waals surface area contributed by atoms with E-state index in [-0.39, 0.29) is 26.2 Å². The molecule has 1 atom stereocenters. The molecule has 21 nitrogen and oxygen atoms in total. The summed E-state index contributed by atoms with van der Waals surface area (Å²) in [6.45, 7) is 0.781. The Morgan fingerprint density at radius 3 is 0.929 bits per heavy atom. The molecule has 0 saturated heterocycles. The first kappa shape index (κ1) is 44.1. The molecule has 12 N–H and O–H groups in total. The summed E-state index contributed by atoms with van der Waals surface area (Å²) in [5, 5.41) is 49.7. The molecule has 0 fully saturated rings. The SMILES string of the molecule is CC(=O)O.CC(=O)O.CC(CN(CC(=O)O)CC(=O)O)N(CC(=O)O)CC(=O)O.NC(=O)CN(CC(N)=O)CC(N)=O. The van der Waals surface area contributed by atoms with Crippen molar-refractivity contribution in [1.29, 1.82) is 0 Å². The van der Waals surface area contributed by atoms with Gasteiger partial charge in [0.15, 0.2) is 0 Å². The molecular weight excluding hydrogens is 576 g/mol. The van der Waals surface area contributed by atoms with Gasteiger partial charge >= 0.3 is 23.9 Å². The fourth-order valence-corrected chi connectivity index (χ4v) is 2.60. The van der Waals surface area contributed by atoms with Gasteiger partial charge in [-0.05, 0) is 6.92 Å². The minimum atomic E-state index is -1.23. The second-order valence-corrected chi connectivity index (χ2v) is 8.08. The molecule has 21 heteroatoms. The zero-order chi connectivity index (χ0) is 34.2. The Balaban J connectivity index is -0.000000290. The van der Waals surface area contributed by atoms with Crippen LogP contribution in [0.1, 0.15) is 20.8 Å². The van der Waals surface area contributed by atoms with Crippen molar-refractivity contribution in [3.63, 3.8) is 0 Å². The number of hydrogen-bond acceptors (Lipinski definition) is 12. The lowest BCUT2D eigenvalue weighted by Crippen LogP contribution is -2.48. The number of carboxylic acid groups (broad SMARTS) is 6. The van der Waals surface area contributed by atoms with E-state index in [1.807, 2.05) is 0 Å². The standard InChI is InChI=1S/C11H18N2O8.C6H12N4O3.2C2H4O2/c1-7(13(5-10(18)19)6-11(20)21)2-12(3-8(14)15)4-9(16)17;7-4(11)1-10(2-5(8)12)3-6(9)13;2*1-2(3)4/h7H,2-6H2,1H3,(H,14,15)(H,16,17)(H,18,19)(H,20,21);1-3H2,(H2,7,11)(H2,8,12)(H2,9,13);2*1H3,(H,3,4). The molecule has 0 rings (SSSR count). The third-order valence-electron chi connectivity index (χ3n) is 3.68. The fraction of sp³-hybridized carbons (Fsp3) is 0.571. The summed E-state index contributed by atoms with van der Waals surface area (Å²) < 4.78 is 0. The van der Waals surface area contributed by atoms with E-state index in [1.54, 1.807) is 0 Å². The molecule has 0 aliphatic carbocycles. The van der Waals surface area contributed by atoms with Crippen LogP contribution < -0.4 is 17.2 Å². The largest absolute Gasteiger partial charge is 0.481 e. The molecule has 0 radical (unpaired) electrons. The summed E-state index contributed by atoms with van der Waals surface area (Å²) in [6, 6.07) is -0.643. The van der Waals surface area contributed by atoms with Crippen molar-refractivity contribution >= 4 is 53.5 Å². The predicted octanol–water partition coefficient (Wildman–Crippen LogP) is -4.76. The maximum Gasteiger partial charge on any atom is 0.317 e. The monoisotopic (exact) mass is 614 g/mol. The van der Waals surface area contributed by atoms with E-state index < -0.39 is 85.8 Å². The summed E-state index contributed by atoms with van der Waals surface area (Å²) in [6.07, 6.45) is 0. The summed E-state index contributed by atoms with van der Waals surface area (Å²) >= 11 is 0. The van der Waals surface area contributed by atoms with E-state index in [1.165, 1.54) is 11.8 Å². The topological polar surface area (TPSA) is 363 Å². The molecule has 0 aromatic carbocycles. The number of hydrogen-bond donors (Lipinski definition) is 9. The number of nitrogens with two attached hydrogens (primary N) is 3. The van der Waals surface area contributed by atoms with Gasteiger partial charge in [-0.2, -0.15) is 0 Å². The van der Waals surface area contributed by atoms with Crippen LogP contribution in [0, 0.1) is 0 Å². The molecule has 0 spiro atoms. The highest BCUT2D eigenvalue weighted by molar-refractivity contribution is 5.82. The Morgan fingerprint density at radius 2 is 0.738 bits per heavy atom. The molecule has 3 amide bonds. The normalized spacial score (nSPS) is 10.4. The zero-order valence-corrected chi connectivity index (χ0v) is 23.2. The Labute approximate surface area is 239 Å². The summed E-state index contributed by atoms with van der Waals surface area (Å²) in [5.41, 5.74) is 14.6. The average molecular weight is 615 g/mol. The Bertz CT molecular complexity index is 853. The molecule has 0 aromatic rings. The van der Waals surface area contributed by atoms with E-state index in [9.17, 15) is 33.6 Å². The van der Waals surface area contributed by atoms with Crippen LogP contribution >= 0.6 is 0 Å². The maximum absolute atomic E-state index is 10.7. The first-order chi connectivity index (χ1) is 19.0. The second-order valence-electron chi connectivity index (χ2n) is 8.08. The minimum Gasteiger partial charge on any atom is -0.481 e. The van der Waals surface area contributed by atoms with E-state index in [2.05, 4.69) is 0 Å². The maximum atomic E-state index is 10.7. The van der Waals surface area contributed by atoms with Crippen molar-refractivity contribution < 1.29 is 73.8 Å². The summed E-state index contributed by atoms with van der Waals surface area (Å²) in [7, 11) is 0. The van der Waals surface area contributed by atoms with Crippen LogP contribution in [0.15, 0.2) is 0 Å². The Morgan fingerprint density at radius 1 is 0.500 bits per heavy atom. The molecule has 0 heterocycles. The first-order valence-corrected chi connectivity index (χ1v) is 11.3. The zero-order valence-electron chi connectivity index (χ0n) is 23.2. The van der Waals surface area contributed by atoms with Gasteiger partial charge in [-0.25, -0.2) is 0 Å². The Hall–Kier alpha value is -4.89. The van der Waals surface area contributed by atoms with Gasteiger partial charge in [-0.3, -0.25) is 57.9 Å². The van der Waals surface area contributed by atoms with Crippen LogP contribution in [-0.2, 0) is 43.2 Å². The third kappa shape index (κ3) is 42.2. The van der Waals surface area contributed by atoms with Crippen LogP contribution in [0.2, 0.25) is 0 Å². The van der Waals surface area contributed by atoms with Gasteiger partial charge in [0, 0.05) is 26.4 Å². The van der Waals surface area contributed by atoms with E-state index >= 15 is 0 Å². The lowest BCUT2D eigenvalue weighted by atomic mass is 10.2. The van der Waals surface area contributed by atoms with Gasteiger partial charge in [0.25, 0.3) is 11.9 Å². The quantitative estimate of drug-likeness (QED) is 0.0742. The van der Waals surface area contributed by atoms with Crippen LogP contribution in [0.3, 0.4) is 0 Å². The molecule has 242 valence electrons. The molecule has 0 bridgehead atoms. The van der Waals surface area contributed by atoms with Crippen LogP contribution in [0.25, 0.3) is 0 Å². The second kappa shape index (κ2) is 25.1. The highest BCUT2D eigenvalue weighted by Gasteiger charge is 2.23. The lowest BCUT2D eigenvalue weighted by Gasteiger charge is -2.30. The molecule has 0 saturated carbocycles. The number of rotatable bonds is 17. The van der Waals surface area contributed by atoms with Crippen molar-refractivity contribution in [2.24, 2.45) is 17.2 Å². The van der Waals surface area contributed by atoms with Crippen molar-refractivity contribution in [2.45, 2.75) is 26.8 Å². The van der Waals surface area contributed by atoms with E-state index in [4.69, 9.17) is 57.4 Å². The Kier molecular flexibility index (Phi) is 26.4.